The first-order chi connectivity index (χ1) is 14.6. The van der Waals surface area contributed by atoms with E-state index in [9.17, 15) is 5.11 Å². The van der Waals surface area contributed by atoms with Crippen LogP contribution >= 0.6 is 0 Å². The van der Waals surface area contributed by atoms with Gasteiger partial charge in [-0.25, -0.2) is 9.97 Å². The Morgan fingerprint density at radius 2 is 1.68 bits per heavy atom. The highest BCUT2D eigenvalue weighted by Crippen LogP contribution is 2.24. The van der Waals surface area contributed by atoms with Crippen LogP contribution in [0.15, 0.2) is 30.3 Å². The highest BCUT2D eigenvalue weighted by atomic mass is 16.5. The van der Waals surface area contributed by atoms with E-state index in [0.29, 0.717) is 19.1 Å². The second-order valence-corrected chi connectivity index (χ2v) is 9.91. The van der Waals surface area contributed by atoms with E-state index < -0.39 is 6.10 Å². The Morgan fingerprint density at radius 1 is 1.03 bits per heavy atom. The molecule has 2 heterocycles. The molecule has 1 unspecified atom stereocenters. The fraction of sp³-hybridized carbons (Fsp3) is 0.600. The summed E-state index contributed by atoms with van der Waals surface area (Å²) in [5, 5.41) is 10.5. The summed E-state index contributed by atoms with van der Waals surface area (Å²) in [5.41, 5.74) is 2.41. The normalized spacial score (nSPS) is 16.6. The number of anilines is 1. The number of aromatic nitrogens is 2. The number of aliphatic hydroxyl groups excluding tert-OH is 1. The maximum absolute atomic E-state index is 10.5. The molecule has 170 valence electrons. The first-order valence-corrected chi connectivity index (χ1v) is 11.4. The van der Waals surface area contributed by atoms with Gasteiger partial charge in [-0.15, -0.1) is 0 Å². The lowest BCUT2D eigenvalue weighted by atomic mass is 9.87. The highest BCUT2D eigenvalue weighted by Gasteiger charge is 2.21. The van der Waals surface area contributed by atoms with Crippen LogP contribution in [0.25, 0.3) is 0 Å². The fourth-order valence-electron chi connectivity index (χ4n) is 3.75. The molecule has 3 rings (SSSR count). The van der Waals surface area contributed by atoms with Gasteiger partial charge in [0, 0.05) is 50.4 Å². The minimum atomic E-state index is -0.511. The Hall–Kier alpha value is -2.18. The van der Waals surface area contributed by atoms with Crippen molar-refractivity contribution < 1.29 is 9.84 Å². The molecule has 0 aliphatic carbocycles. The predicted molar refractivity (Wildman–Crippen MR) is 126 cm³/mol. The van der Waals surface area contributed by atoms with Gasteiger partial charge in [0.15, 0.2) is 0 Å². The second-order valence-electron chi connectivity index (χ2n) is 9.91. The molecule has 0 radical (unpaired) electrons. The number of rotatable bonds is 7. The predicted octanol–water partition coefficient (Wildman–Crippen LogP) is 3.77. The van der Waals surface area contributed by atoms with Crippen LogP contribution in [-0.4, -0.2) is 65.4 Å². The zero-order valence-electron chi connectivity index (χ0n) is 19.9. The number of piperazine rings is 1. The number of hydrogen-bond donors (Lipinski definition) is 1. The maximum Gasteiger partial charge on any atom is 0.133 e. The van der Waals surface area contributed by atoms with Crippen molar-refractivity contribution in [1.29, 1.82) is 0 Å². The number of benzene rings is 1. The van der Waals surface area contributed by atoms with E-state index in [1.54, 1.807) is 0 Å². The van der Waals surface area contributed by atoms with Gasteiger partial charge in [0.05, 0.1) is 0 Å². The largest absolute Gasteiger partial charge is 0.491 e. The first-order valence-electron chi connectivity index (χ1n) is 11.4. The van der Waals surface area contributed by atoms with Crippen LogP contribution in [0, 0.1) is 6.92 Å². The van der Waals surface area contributed by atoms with E-state index >= 15 is 0 Å². The molecule has 1 atom stereocenters. The van der Waals surface area contributed by atoms with Crippen LogP contribution in [0.3, 0.4) is 0 Å². The van der Waals surface area contributed by atoms with Crippen molar-refractivity contribution in [1.82, 2.24) is 14.9 Å². The third-order valence-electron chi connectivity index (χ3n) is 5.70. The quantitative estimate of drug-likeness (QED) is 0.727. The topological polar surface area (TPSA) is 61.7 Å². The molecule has 1 aliphatic rings. The Kier molecular flexibility index (Phi) is 7.55. The smallest absolute Gasteiger partial charge is 0.133 e. The molecule has 1 saturated heterocycles. The van der Waals surface area contributed by atoms with Gasteiger partial charge in [-0.05, 0) is 30.0 Å². The fourth-order valence-corrected chi connectivity index (χ4v) is 3.75. The summed E-state index contributed by atoms with van der Waals surface area (Å²) in [7, 11) is 0. The molecule has 1 aromatic heterocycles. The zero-order valence-corrected chi connectivity index (χ0v) is 19.9. The molecule has 0 amide bonds. The van der Waals surface area contributed by atoms with E-state index in [2.05, 4.69) is 67.6 Å². The van der Waals surface area contributed by atoms with Crippen molar-refractivity contribution in [3.63, 3.8) is 0 Å². The van der Waals surface area contributed by atoms with Crippen molar-refractivity contribution in [3.05, 3.63) is 47.4 Å². The molecule has 6 nitrogen and oxygen atoms in total. The lowest BCUT2D eigenvalue weighted by molar-refractivity contribution is 0.0662. The van der Waals surface area contributed by atoms with Crippen molar-refractivity contribution in [2.75, 3.05) is 44.2 Å². The summed E-state index contributed by atoms with van der Waals surface area (Å²) < 4.78 is 5.81. The molecule has 2 aromatic rings. The lowest BCUT2D eigenvalue weighted by Crippen LogP contribution is -2.49. The van der Waals surface area contributed by atoms with Gasteiger partial charge in [-0.1, -0.05) is 46.8 Å². The average Bonchev–Trinajstić information content (AvgIpc) is 2.72. The van der Waals surface area contributed by atoms with Gasteiger partial charge in [-0.3, -0.25) is 4.90 Å². The number of hydrogen-bond acceptors (Lipinski definition) is 6. The van der Waals surface area contributed by atoms with Gasteiger partial charge in [0.2, 0.25) is 0 Å². The maximum atomic E-state index is 10.5. The zero-order chi connectivity index (χ0) is 22.6. The lowest BCUT2D eigenvalue weighted by Gasteiger charge is -2.36. The number of ether oxygens (including phenoxy) is 1. The molecule has 0 spiro atoms. The second kappa shape index (κ2) is 9.96. The van der Waals surface area contributed by atoms with Crippen LogP contribution < -0.4 is 9.64 Å². The van der Waals surface area contributed by atoms with E-state index in [1.807, 2.05) is 19.1 Å². The van der Waals surface area contributed by atoms with E-state index in [-0.39, 0.29) is 5.41 Å². The van der Waals surface area contributed by atoms with Gasteiger partial charge < -0.3 is 14.7 Å². The van der Waals surface area contributed by atoms with Crippen LogP contribution in [0.4, 0.5) is 5.82 Å². The Labute approximate surface area is 187 Å². The Bertz CT molecular complexity index is 838. The average molecular weight is 427 g/mol. The van der Waals surface area contributed by atoms with Crippen molar-refractivity contribution in [2.24, 2.45) is 0 Å². The molecule has 0 saturated carbocycles. The molecular weight excluding hydrogens is 388 g/mol. The van der Waals surface area contributed by atoms with Crippen LogP contribution in [-0.2, 0) is 5.41 Å². The van der Waals surface area contributed by atoms with Gasteiger partial charge >= 0.3 is 0 Å². The third kappa shape index (κ3) is 6.65. The van der Waals surface area contributed by atoms with Crippen LogP contribution in [0.2, 0.25) is 0 Å². The minimum absolute atomic E-state index is 0.126. The molecule has 6 heteroatoms. The number of aliphatic hydroxyl groups is 1. The van der Waals surface area contributed by atoms with Crippen molar-refractivity contribution in [2.45, 2.75) is 59.0 Å². The van der Waals surface area contributed by atoms with Gasteiger partial charge in [0.25, 0.3) is 0 Å². The van der Waals surface area contributed by atoms with Crippen LogP contribution in [0.5, 0.6) is 5.75 Å². The van der Waals surface area contributed by atoms with E-state index in [0.717, 1.165) is 49.3 Å². The summed E-state index contributed by atoms with van der Waals surface area (Å²) in [6, 6.07) is 10.2. The monoisotopic (exact) mass is 426 g/mol. The number of nitrogens with zero attached hydrogens (tertiary/aromatic N) is 4. The summed E-state index contributed by atoms with van der Waals surface area (Å²) in [6.07, 6.45) is -0.511. The van der Waals surface area contributed by atoms with E-state index in [1.165, 1.54) is 5.56 Å². The van der Waals surface area contributed by atoms with Gasteiger partial charge in [0.1, 0.15) is 30.1 Å². The summed E-state index contributed by atoms with van der Waals surface area (Å²) in [5.74, 6) is 3.04. The van der Waals surface area contributed by atoms with E-state index in [4.69, 9.17) is 9.72 Å². The molecule has 1 N–H and O–H groups in total. The van der Waals surface area contributed by atoms with Crippen molar-refractivity contribution in [3.8, 4) is 5.75 Å². The highest BCUT2D eigenvalue weighted by molar-refractivity contribution is 5.40. The number of β-amino-alcohol motifs (C(OH)–C–C–N with tert-alkyl or cyclic N) is 1. The Balaban J connectivity index is 1.45. The minimum Gasteiger partial charge on any atom is -0.491 e. The number of aryl methyl sites for hydroxylation is 1. The molecule has 31 heavy (non-hydrogen) atoms. The SMILES string of the molecule is Cc1cc(N2CCN(CC(O)COc3ccc(C(C)(C)C)cc3)CC2)nc(C(C)C)n1. The molecule has 1 fully saturated rings. The first kappa shape index (κ1) is 23.5. The third-order valence-corrected chi connectivity index (χ3v) is 5.70. The summed E-state index contributed by atoms with van der Waals surface area (Å²) in [4.78, 5) is 13.9. The van der Waals surface area contributed by atoms with Crippen LogP contribution in [0.1, 0.15) is 57.6 Å². The summed E-state index contributed by atoms with van der Waals surface area (Å²) in [6.45, 7) is 17.4. The van der Waals surface area contributed by atoms with Crippen molar-refractivity contribution >= 4 is 5.82 Å². The van der Waals surface area contributed by atoms with Gasteiger partial charge in [-0.2, -0.15) is 0 Å². The Morgan fingerprint density at radius 3 is 2.26 bits per heavy atom. The molecule has 1 aromatic carbocycles. The summed E-state index contributed by atoms with van der Waals surface area (Å²) >= 11 is 0. The standard InChI is InChI=1S/C25H38N4O2/c1-18(2)24-26-19(3)15-23(27-24)29-13-11-28(12-14-29)16-21(30)17-31-22-9-7-20(8-10-22)25(4,5)6/h7-10,15,18,21,30H,11-14,16-17H2,1-6H3. The molecular formula is C25H38N4O2. The molecule has 1 aliphatic heterocycles. The molecule has 0 bridgehead atoms.